The molecule has 0 amide bonds. The molecule has 4 aromatic rings. The first-order valence-corrected chi connectivity index (χ1v) is 15.5. The summed E-state index contributed by atoms with van der Waals surface area (Å²) >= 11 is 10.6. The predicted molar refractivity (Wildman–Crippen MR) is 166 cm³/mol. The molecule has 3 aliphatic rings. The molecule has 0 aliphatic carbocycles. The zero-order valence-electron chi connectivity index (χ0n) is 25.5. The molecule has 0 atom stereocenters. The summed E-state index contributed by atoms with van der Waals surface area (Å²) in [5.41, 5.74) is 0.911. The lowest BCUT2D eigenvalue weighted by atomic mass is 10.2. The topological polar surface area (TPSA) is 114 Å². The van der Waals surface area contributed by atoms with Crippen LogP contribution in [-0.2, 0) is 25.7 Å². The van der Waals surface area contributed by atoms with Crippen LogP contribution in [0.3, 0.4) is 0 Å². The van der Waals surface area contributed by atoms with Gasteiger partial charge in [0.2, 0.25) is 23.1 Å². The minimum Gasteiger partial charge on any atom is -0.454 e. The molecule has 0 N–H and O–H groups in total. The van der Waals surface area contributed by atoms with Gasteiger partial charge in [-0.15, -0.1) is 10.2 Å². The second kappa shape index (κ2) is 13.2. The highest BCUT2D eigenvalue weighted by Crippen LogP contribution is 2.34. The van der Waals surface area contributed by atoms with Gasteiger partial charge in [-0.05, 0) is 72.0 Å². The molecule has 0 spiro atoms. The van der Waals surface area contributed by atoms with Gasteiger partial charge in [-0.3, -0.25) is 9.80 Å². The van der Waals surface area contributed by atoms with E-state index in [1.165, 1.54) is 12.4 Å². The molecule has 5 heterocycles. The van der Waals surface area contributed by atoms with Crippen molar-refractivity contribution in [3.63, 3.8) is 0 Å². The molecule has 14 nitrogen and oxygen atoms in total. The van der Waals surface area contributed by atoms with E-state index in [4.69, 9.17) is 43.4 Å². The van der Waals surface area contributed by atoms with Crippen molar-refractivity contribution in [3.8, 4) is 23.0 Å². The van der Waals surface area contributed by atoms with Crippen molar-refractivity contribution in [2.45, 2.75) is 25.7 Å². The van der Waals surface area contributed by atoms with Crippen LogP contribution in [-0.4, -0.2) is 90.9 Å². The number of rotatable bonds is 8. The Hall–Kier alpha value is -4.80. The Morgan fingerprint density at radius 1 is 0.620 bits per heavy atom. The maximum Gasteiger partial charge on any atom is 0.453 e. The van der Waals surface area contributed by atoms with Crippen LogP contribution in [0, 0.1) is 9.54 Å². The van der Waals surface area contributed by atoms with Crippen LogP contribution in [0.1, 0.15) is 22.8 Å². The SMILES string of the molecule is FC(F)(F)c1nn(CN2CCN(Cn3nc(C(F)(F)F)n(N=Cc4ccc5c(c4)OCO5)c3=S)CC2)c(=S)n1N=Cc1ccc2c(c1)OCO2. The Balaban J connectivity index is 1.02. The van der Waals surface area contributed by atoms with E-state index in [2.05, 4.69) is 20.4 Å². The molecule has 2 aromatic heterocycles. The maximum absolute atomic E-state index is 13.9. The van der Waals surface area contributed by atoms with E-state index in [9.17, 15) is 26.3 Å². The molecule has 2 aromatic carbocycles. The van der Waals surface area contributed by atoms with Crippen molar-refractivity contribution in [2.75, 3.05) is 39.8 Å². The fraction of sp³-hybridized carbons (Fsp3) is 0.357. The molecular weight excluding hydrogens is 718 g/mol. The minimum absolute atomic E-state index is 0.0383. The lowest BCUT2D eigenvalue weighted by Crippen LogP contribution is -2.47. The summed E-state index contributed by atoms with van der Waals surface area (Å²) in [5, 5.41) is 15.3. The molecule has 0 unspecified atom stereocenters. The highest BCUT2D eigenvalue weighted by Gasteiger charge is 2.40. The largest absolute Gasteiger partial charge is 0.454 e. The van der Waals surface area contributed by atoms with E-state index >= 15 is 0 Å². The fourth-order valence-electron chi connectivity index (χ4n) is 5.23. The maximum atomic E-state index is 13.9. The molecule has 264 valence electrons. The van der Waals surface area contributed by atoms with Crippen molar-refractivity contribution in [3.05, 3.63) is 68.7 Å². The fourth-order valence-corrected chi connectivity index (χ4v) is 5.70. The molecule has 7 rings (SSSR count). The predicted octanol–water partition coefficient (Wildman–Crippen LogP) is 4.63. The van der Waals surface area contributed by atoms with Gasteiger partial charge in [0.05, 0.1) is 25.8 Å². The van der Waals surface area contributed by atoms with Crippen LogP contribution in [0.2, 0.25) is 0 Å². The van der Waals surface area contributed by atoms with E-state index in [1.807, 2.05) is 0 Å². The second-order valence-electron chi connectivity index (χ2n) is 11.1. The van der Waals surface area contributed by atoms with Gasteiger partial charge in [0.15, 0.2) is 23.0 Å². The molecule has 50 heavy (non-hydrogen) atoms. The summed E-state index contributed by atoms with van der Waals surface area (Å²) in [6.45, 7) is 1.25. The average molecular weight is 743 g/mol. The number of ether oxygens (including phenoxy) is 4. The Morgan fingerprint density at radius 3 is 1.38 bits per heavy atom. The van der Waals surface area contributed by atoms with Crippen LogP contribution in [0.5, 0.6) is 23.0 Å². The number of halogens is 6. The number of hydrogen-bond acceptors (Lipinski definition) is 12. The highest BCUT2D eigenvalue weighted by atomic mass is 32.1. The Morgan fingerprint density at radius 2 is 1.00 bits per heavy atom. The minimum atomic E-state index is -4.85. The van der Waals surface area contributed by atoms with Crippen LogP contribution in [0.15, 0.2) is 46.6 Å². The van der Waals surface area contributed by atoms with Gasteiger partial charge in [0, 0.05) is 26.2 Å². The van der Waals surface area contributed by atoms with Crippen LogP contribution < -0.4 is 18.9 Å². The summed E-state index contributed by atoms with van der Waals surface area (Å²) in [4.78, 5) is 3.61. The first-order chi connectivity index (χ1) is 23.8. The normalized spacial score (nSPS) is 16.8. The number of hydrogen-bond donors (Lipinski definition) is 0. The summed E-state index contributed by atoms with van der Waals surface area (Å²) in [7, 11) is 0. The van der Waals surface area contributed by atoms with Gasteiger partial charge in [-0.25, -0.2) is 9.36 Å². The Labute approximate surface area is 287 Å². The zero-order valence-corrected chi connectivity index (χ0v) is 27.1. The third-order valence-corrected chi connectivity index (χ3v) is 8.48. The van der Waals surface area contributed by atoms with Crippen molar-refractivity contribution < 1.29 is 45.3 Å². The second-order valence-corrected chi connectivity index (χ2v) is 11.8. The third kappa shape index (κ3) is 6.95. The van der Waals surface area contributed by atoms with Gasteiger partial charge >= 0.3 is 12.4 Å². The number of aromatic nitrogens is 6. The first kappa shape index (κ1) is 33.7. The van der Waals surface area contributed by atoms with Crippen LogP contribution in [0.4, 0.5) is 26.3 Å². The molecule has 3 aliphatic heterocycles. The Bertz CT molecular complexity index is 1950. The molecule has 1 saturated heterocycles. The van der Waals surface area contributed by atoms with Crippen molar-refractivity contribution in [1.29, 1.82) is 0 Å². The van der Waals surface area contributed by atoms with Crippen LogP contribution >= 0.6 is 24.4 Å². The first-order valence-electron chi connectivity index (χ1n) is 14.7. The molecular formula is C28H24F6N10O4S2. The van der Waals surface area contributed by atoms with E-state index in [0.29, 0.717) is 69.7 Å². The summed E-state index contributed by atoms with van der Waals surface area (Å²) in [5.74, 6) is -0.712. The van der Waals surface area contributed by atoms with Crippen LogP contribution in [0.25, 0.3) is 0 Å². The lowest BCUT2D eigenvalue weighted by Gasteiger charge is -2.34. The highest BCUT2D eigenvalue weighted by molar-refractivity contribution is 7.71. The van der Waals surface area contributed by atoms with Gasteiger partial charge in [-0.1, -0.05) is 0 Å². The van der Waals surface area contributed by atoms with E-state index < -0.39 is 24.0 Å². The quantitative estimate of drug-likeness (QED) is 0.144. The van der Waals surface area contributed by atoms with Crippen molar-refractivity contribution >= 4 is 36.9 Å². The van der Waals surface area contributed by atoms with Gasteiger partial charge < -0.3 is 18.9 Å². The molecule has 1 fully saturated rings. The monoisotopic (exact) mass is 742 g/mol. The number of benzene rings is 2. The lowest BCUT2D eigenvalue weighted by molar-refractivity contribution is -0.148. The number of piperazine rings is 1. The van der Waals surface area contributed by atoms with E-state index in [1.54, 1.807) is 46.2 Å². The molecule has 0 radical (unpaired) electrons. The average Bonchev–Trinajstić information content (AvgIpc) is 3.86. The van der Waals surface area contributed by atoms with Crippen molar-refractivity contribution in [1.82, 2.24) is 38.7 Å². The number of fused-ring (bicyclic) bond motifs is 2. The van der Waals surface area contributed by atoms with Crippen molar-refractivity contribution in [2.24, 2.45) is 10.2 Å². The van der Waals surface area contributed by atoms with Gasteiger partial charge in [0.1, 0.15) is 0 Å². The number of alkyl halides is 6. The molecule has 0 bridgehead atoms. The summed E-state index contributed by atoms with van der Waals surface area (Å²) in [6, 6.07) is 9.58. The standard InChI is InChI=1S/C28H24F6N10O4S2/c29-27(30,31)23-37-41(25(49)43(23)35-11-17-1-3-19-21(9-17)47-15-45-19)13-39-5-7-40(8-6-39)14-42-26(50)44(24(38-42)28(32,33)34)36-12-18-2-4-20-22(10-18)48-16-46-20/h1-4,9-12H,5-8,13-16H2. The molecule has 0 saturated carbocycles. The summed E-state index contributed by atoms with van der Waals surface area (Å²) in [6.07, 6.45) is -7.29. The number of nitrogens with zero attached hydrogens (tertiary/aromatic N) is 10. The van der Waals surface area contributed by atoms with E-state index in [-0.39, 0.29) is 36.5 Å². The molecule has 22 heteroatoms. The van der Waals surface area contributed by atoms with E-state index in [0.717, 1.165) is 9.36 Å². The third-order valence-electron chi connectivity index (χ3n) is 7.71. The smallest absolute Gasteiger partial charge is 0.453 e. The van der Waals surface area contributed by atoms with Gasteiger partial charge in [-0.2, -0.15) is 45.9 Å². The Kier molecular flexibility index (Phi) is 8.86. The summed E-state index contributed by atoms with van der Waals surface area (Å²) < 4.78 is 107. The van der Waals surface area contributed by atoms with Gasteiger partial charge in [0.25, 0.3) is 11.6 Å². The zero-order chi connectivity index (χ0) is 35.2.